The zero-order chi connectivity index (χ0) is 16.4. The molecule has 0 aromatic carbocycles. The summed E-state index contributed by atoms with van der Waals surface area (Å²) in [6.07, 6.45) is -3.58. The summed E-state index contributed by atoms with van der Waals surface area (Å²) in [7, 11) is 0. The average Bonchev–Trinajstić information content (AvgIpc) is 3.04. The summed E-state index contributed by atoms with van der Waals surface area (Å²) in [4.78, 5) is 25.9. The normalized spacial score (nSPS) is 29.3. The van der Waals surface area contributed by atoms with Gasteiger partial charge >= 0.3 is 5.97 Å². The van der Waals surface area contributed by atoms with Crippen molar-refractivity contribution >= 4 is 11.9 Å². The topological polar surface area (TPSA) is 176 Å². The van der Waals surface area contributed by atoms with Gasteiger partial charge in [0.1, 0.15) is 37.3 Å². The van der Waals surface area contributed by atoms with Gasteiger partial charge in [0.2, 0.25) is 5.82 Å². The Balaban J connectivity index is 2.03. The lowest BCUT2D eigenvalue weighted by Crippen LogP contribution is -2.36. The average molecular weight is 315 g/mol. The number of hydrogen-bond donors (Lipinski definition) is 4. The highest BCUT2D eigenvalue weighted by Gasteiger charge is 2.45. The largest absolute Gasteiger partial charge is 0.462 e. The van der Waals surface area contributed by atoms with Gasteiger partial charge in [0, 0.05) is 0 Å². The van der Waals surface area contributed by atoms with Crippen LogP contribution in [0.4, 0.5) is 0 Å². The summed E-state index contributed by atoms with van der Waals surface area (Å²) in [5, 5.41) is 23.6. The molecule has 0 spiro atoms. The van der Waals surface area contributed by atoms with Gasteiger partial charge in [-0.05, 0) is 6.92 Å². The van der Waals surface area contributed by atoms with Crippen LogP contribution in [0.3, 0.4) is 0 Å². The van der Waals surface area contributed by atoms with Crippen LogP contribution < -0.4 is 11.5 Å². The minimum Gasteiger partial charge on any atom is -0.462 e. The third-order valence-electron chi connectivity index (χ3n) is 3.09. The molecule has 2 heterocycles. The van der Waals surface area contributed by atoms with Crippen LogP contribution in [0.25, 0.3) is 0 Å². The first-order chi connectivity index (χ1) is 10.3. The second-order valence-corrected chi connectivity index (χ2v) is 4.88. The Labute approximate surface area is 124 Å². The van der Waals surface area contributed by atoms with Gasteiger partial charge in [-0.25, -0.2) is 9.67 Å². The van der Waals surface area contributed by atoms with E-state index in [1.807, 2.05) is 0 Å². The standard InChI is InChI=1S/C11H17N5O6/c1-4(12)11(20)21-2-5-6(17)7(18)10(22-5)16-3-14-9(15-16)8(13)19/h3-7,10,17-18H,2,12H2,1H3,(H2,13,19)/t4-,5+,6+,7+,10+/m0/s1. The van der Waals surface area contributed by atoms with Crippen LogP contribution in [0.2, 0.25) is 0 Å². The molecule has 1 fully saturated rings. The Bertz CT molecular complexity index is 561. The molecule has 0 radical (unpaired) electrons. The molecule has 1 aromatic rings. The van der Waals surface area contributed by atoms with Crippen LogP contribution in [0, 0.1) is 0 Å². The number of nitrogens with zero attached hydrogens (tertiary/aromatic N) is 3. The van der Waals surface area contributed by atoms with Crippen LogP contribution in [0.15, 0.2) is 6.33 Å². The van der Waals surface area contributed by atoms with Crippen LogP contribution >= 0.6 is 0 Å². The molecule has 0 unspecified atom stereocenters. The van der Waals surface area contributed by atoms with Crippen LogP contribution in [0.5, 0.6) is 0 Å². The highest BCUT2D eigenvalue weighted by Crippen LogP contribution is 2.28. The lowest BCUT2D eigenvalue weighted by molar-refractivity contribution is -0.151. The number of carbonyl (C=O) groups excluding carboxylic acids is 2. The fourth-order valence-corrected chi connectivity index (χ4v) is 1.89. The molecule has 0 saturated carbocycles. The van der Waals surface area contributed by atoms with Gasteiger partial charge in [-0.2, -0.15) is 0 Å². The van der Waals surface area contributed by atoms with Crippen LogP contribution in [0.1, 0.15) is 23.8 Å². The van der Waals surface area contributed by atoms with Crippen molar-refractivity contribution in [2.45, 2.75) is 37.5 Å². The van der Waals surface area contributed by atoms with E-state index < -0.39 is 42.5 Å². The molecular formula is C11H17N5O6. The minimum absolute atomic E-state index is 0.253. The number of carbonyl (C=O) groups is 2. The highest BCUT2D eigenvalue weighted by atomic mass is 16.6. The summed E-state index contributed by atoms with van der Waals surface area (Å²) in [6.45, 7) is 1.17. The second-order valence-electron chi connectivity index (χ2n) is 4.88. The van der Waals surface area contributed by atoms with Gasteiger partial charge in [-0.3, -0.25) is 9.59 Å². The van der Waals surface area contributed by atoms with E-state index in [-0.39, 0.29) is 12.4 Å². The van der Waals surface area contributed by atoms with Gasteiger partial charge in [0.25, 0.3) is 5.91 Å². The second kappa shape index (κ2) is 6.36. The molecule has 1 aliphatic rings. The van der Waals surface area contributed by atoms with E-state index in [2.05, 4.69) is 10.1 Å². The summed E-state index contributed by atoms with van der Waals surface area (Å²) in [5.41, 5.74) is 10.4. The van der Waals surface area contributed by atoms with Crippen molar-refractivity contribution in [2.24, 2.45) is 11.5 Å². The zero-order valence-corrected chi connectivity index (χ0v) is 11.7. The maximum atomic E-state index is 11.3. The SMILES string of the molecule is C[C@H](N)C(=O)OC[C@H]1O[C@@H](n2cnc(C(N)=O)n2)[C@H](O)[C@@H]1O. The van der Waals surface area contributed by atoms with Crippen molar-refractivity contribution < 1.29 is 29.3 Å². The monoisotopic (exact) mass is 315 g/mol. The van der Waals surface area contributed by atoms with Crippen molar-refractivity contribution in [1.82, 2.24) is 14.8 Å². The van der Waals surface area contributed by atoms with Crippen LogP contribution in [-0.2, 0) is 14.3 Å². The van der Waals surface area contributed by atoms with E-state index >= 15 is 0 Å². The van der Waals surface area contributed by atoms with E-state index in [0.717, 1.165) is 11.0 Å². The molecular weight excluding hydrogens is 298 g/mol. The number of nitrogens with two attached hydrogens (primary N) is 2. The van der Waals surface area contributed by atoms with Crippen molar-refractivity contribution in [3.63, 3.8) is 0 Å². The maximum Gasteiger partial charge on any atom is 0.322 e. The Morgan fingerprint density at radius 1 is 1.50 bits per heavy atom. The molecule has 11 heteroatoms. The van der Waals surface area contributed by atoms with Crippen molar-refractivity contribution in [3.8, 4) is 0 Å². The van der Waals surface area contributed by atoms with E-state index in [1.165, 1.54) is 6.92 Å². The molecule has 1 amide bonds. The lowest BCUT2D eigenvalue weighted by Gasteiger charge is -2.15. The van der Waals surface area contributed by atoms with Gasteiger partial charge in [0.05, 0.1) is 0 Å². The quantitative estimate of drug-likeness (QED) is 0.409. The Morgan fingerprint density at radius 2 is 2.18 bits per heavy atom. The Kier molecular flexibility index (Phi) is 4.71. The van der Waals surface area contributed by atoms with Crippen molar-refractivity contribution in [3.05, 3.63) is 12.2 Å². The third kappa shape index (κ3) is 3.22. The van der Waals surface area contributed by atoms with Crippen molar-refractivity contribution in [2.75, 3.05) is 6.61 Å². The molecule has 0 aliphatic carbocycles. The summed E-state index contributed by atoms with van der Waals surface area (Å²) in [6, 6.07) is -0.812. The molecule has 122 valence electrons. The zero-order valence-electron chi connectivity index (χ0n) is 11.7. The number of primary amides is 1. The van der Waals surface area contributed by atoms with Gasteiger partial charge in [-0.15, -0.1) is 5.10 Å². The van der Waals surface area contributed by atoms with E-state index in [9.17, 15) is 19.8 Å². The highest BCUT2D eigenvalue weighted by molar-refractivity contribution is 5.88. The predicted octanol–water partition coefficient (Wildman–Crippen LogP) is -3.11. The smallest absolute Gasteiger partial charge is 0.322 e. The number of esters is 1. The summed E-state index contributed by atoms with van der Waals surface area (Å²) < 4.78 is 11.3. The first kappa shape index (κ1) is 16.3. The summed E-state index contributed by atoms with van der Waals surface area (Å²) in [5.74, 6) is -1.75. The first-order valence-electron chi connectivity index (χ1n) is 6.46. The third-order valence-corrected chi connectivity index (χ3v) is 3.09. The maximum absolute atomic E-state index is 11.3. The van der Waals surface area contributed by atoms with Gasteiger partial charge < -0.3 is 31.2 Å². The predicted molar refractivity (Wildman–Crippen MR) is 69.1 cm³/mol. The molecule has 1 aromatic heterocycles. The number of aliphatic hydroxyl groups is 2. The van der Waals surface area contributed by atoms with E-state index in [0.29, 0.717) is 0 Å². The number of ether oxygens (including phenoxy) is 2. The molecule has 1 saturated heterocycles. The molecule has 22 heavy (non-hydrogen) atoms. The molecule has 11 nitrogen and oxygen atoms in total. The number of aliphatic hydroxyl groups excluding tert-OH is 2. The fourth-order valence-electron chi connectivity index (χ4n) is 1.89. The van der Waals surface area contributed by atoms with Gasteiger partial charge in [0.15, 0.2) is 6.23 Å². The molecule has 5 atom stereocenters. The number of aromatic nitrogens is 3. The van der Waals surface area contributed by atoms with E-state index in [4.69, 9.17) is 20.9 Å². The lowest BCUT2D eigenvalue weighted by atomic mass is 10.1. The van der Waals surface area contributed by atoms with E-state index in [1.54, 1.807) is 0 Å². The number of amides is 1. The number of hydrogen-bond acceptors (Lipinski definition) is 9. The Morgan fingerprint density at radius 3 is 2.73 bits per heavy atom. The first-order valence-corrected chi connectivity index (χ1v) is 6.46. The summed E-state index contributed by atoms with van der Waals surface area (Å²) >= 11 is 0. The Hall–Kier alpha value is -2.08. The number of rotatable bonds is 5. The van der Waals surface area contributed by atoms with Crippen molar-refractivity contribution in [1.29, 1.82) is 0 Å². The molecule has 2 rings (SSSR count). The molecule has 6 N–H and O–H groups in total. The van der Waals surface area contributed by atoms with Crippen LogP contribution in [-0.4, -0.2) is 67.8 Å². The van der Waals surface area contributed by atoms with Gasteiger partial charge in [-0.1, -0.05) is 0 Å². The molecule has 1 aliphatic heterocycles. The minimum atomic E-state index is -1.35. The fraction of sp³-hybridized carbons (Fsp3) is 0.636. The molecule has 0 bridgehead atoms.